The molecule has 2 aliphatic carbocycles. The fraction of sp³-hybridized carbons (Fsp3) is 0.536. The van der Waals surface area contributed by atoms with Gasteiger partial charge in [0.25, 0.3) is 0 Å². The molecule has 2 N–H and O–H groups in total. The molecule has 14 heteroatoms. The Morgan fingerprint density at radius 1 is 0.629 bits per heavy atom. The second kappa shape index (κ2) is 26.7. The molecule has 0 bridgehead atoms. The third-order valence-corrected chi connectivity index (χ3v) is 15.7. The van der Waals surface area contributed by atoms with Crippen LogP contribution in [0.3, 0.4) is 0 Å². The number of benzene rings is 4. The third kappa shape index (κ3) is 14.2. The van der Waals surface area contributed by atoms with Crippen LogP contribution >= 0.6 is 11.6 Å². The summed E-state index contributed by atoms with van der Waals surface area (Å²) in [6, 6.07) is 33.8. The Morgan fingerprint density at radius 2 is 1.10 bits per heavy atom. The van der Waals surface area contributed by atoms with E-state index >= 15 is 0 Å². The third-order valence-electron chi connectivity index (χ3n) is 15.4. The summed E-state index contributed by atoms with van der Waals surface area (Å²) in [6.07, 6.45) is 10.7. The second-order valence-electron chi connectivity index (χ2n) is 19.9. The summed E-state index contributed by atoms with van der Waals surface area (Å²) in [4.78, 5) is 26.8. The van der Waals surface area contributed by atoms with E-state index in [4.69, 9.17) is 35.3 Å². The SMILES string of the molecule is CC[N+]1(CCCOc2ccc(OC)cc2)CCC(OC(=O)[C@](O)(c2ccccc2)C2CCCC2)C1.C[N+]1(CCCOc2ccccc2Cl)CC[C@@H](OC(=O)[C@](O)(c2ccccc2)C2CCCC2)C1.[Br-].[Cl-]. The number of ether oxygens (including phenoxy) is 5. The predicted molar refractivity (Wildman–Crippen MR) is 264 cm³/mol. The molecule has 384 valence electrons. The highest BCUT2D eigenvalue weighted by atomic mass is 79.9. The summed E-state index contributed by atoms with van der Waals surface area (Å²) in [5, 5.41) is 24.0. The highest BCUT2D eigenvalue weighted by Gasteiger charge is 2.51. The first-order valence-corrected chi connectivity index (χ1v) is 25.6. The van der Waals surface area contributed by atoms with E-state index < -0.39 is 23.1 Å². The zero-order valence-electron chi connectivity index (χ0n) is 41.3. The monoisotopic (exact) mass is 1070 g/mol. The Morgan fingerprint density at radius 3 is 1.63 bits per heavy atom. The van der Waals surface area contributed by atoms with Crippen LogP contribution in [0.15, 0.2) is 109 Å². The van der Waals surface area contributed by atoms with E-state index in [0.29, 0.717) is 35.1 Å². The lowest BCUT2D eigenvalue weighted by molar-refractivity contribution is -0.916. The fourth-order valence-corrected chi connectivity index (χ4v) is 11.4. The summed E-state index contributed by atoms with van der Waals surface area (Å²) in [5.41, 5.74) is -1.82. The first kappa shape index (κ1) is 57.0. The van der Waals surface area contributed by atoms with Gasteiger partial charge < -0.3 is 72.3 Å². The van der Waals surface area contributed by atoms with Crippen LogP contribution in [0.4, 0.5) is 0 Å². The number of likely N-dealkylation sites (tertiary alicyclic amines) is 2. The molecule has 2 aliphatic heterocycles. The van der Waals surface area contributed by atoms with Crippen molar-refractivity contribution < 1.29 is 81.8 Å². The maximum atomic E-state index is 13.5. The summed E-state index contributed by atoms with van der Waals surface area (Å²) in [5.74, 6) is 1.24. The van der Waals surface area contributed by atoms with Crippen LogP contribution in [0.2, 0.25) is 5.02 Å². The van der Waals surface area contributed by atoms with Gasteiger partial charge in [-0.05, 0) is 80.1 Å². The van der Waals surface area contributed by atoms with Crippen molar-refractivity contribution in [1.29, 1.82) is 0 Å². The van der Waals surface area contributed by atoms with Crippen LogP contribution in [0, 0.1) is 11.8 Å². The van der Waals surface area contributed by atoms with E-state index in [1.165, 1.54) is 0 Å². The molecule has 2 heterocycles. The number of aliphatic hydroxyl groups is 2. The molecule has 0 spiro atoms. The number of hydrogen-bond acceptors (Lipinski definition) is 9. The van der Waals surface area contributed by atoms with Crippen molar-refractivity contribution in [2.75, 3.05) is 73.2 Å². The van der Waals surface area contributed by atoms with Crippen molar-refractivity contribution in [3.05, 3.63) is 125 Å². The summed E-state index contributed by atoms with van der Waals surface area (Å²) >= 11 is 6.16. The molecule has 2 saturated heterocycles. The van der Waals surface area contributed by atoms with E-state index in [1.54, 1.807) is 7.11 Å². The number of carbonyl (C=O) groups excluding carboxylic acids is 2. The molecule has 11 nitrogen and oxygen atoms in total. The molecule has 0 amide bonds. The normalized spacial score (nSPS) is 23.9. The van der Waals surface area contributed by atoms with E-state index in [-0.39, 0.29) is 53.4 Å². The lowest BCUT2D eigenvalue weighted by atomic mass is 9.80. The topological polar surface area (TPSA) is 121 Å². The minimum atomic E-state index is -1.56. The van der Waals surface area contributed by atoms with Gasteiger partial charge in [-0.3, -0.25) is 0 Å². The molecule has 70 heavy (non-hydrogen) atoms. The van der Waals surface area contributed by atoms with E-state index in [0.717, 1.165) is 143 Å². The van der Waals surface area contributed by atoms with E-state index in [2.05, 4.69) is 14.0 Å². The van der Waals surface area contributed by atoms with Gasteiger partial charge in [0, 0.05) is 37.5 Å². The van der Waals surface area contributed by atoms with Gasteiger partial charge in [-0.1, -0.05) is 110 Å². The van der Waals surface area contributed by atoms with Crippen molar-refractivity contribution in [3.8, 4) is 17.2 Å². The maximum Gasteiger partial charge on any atom is 0.343 e. The Labute approximate surface area is 438 Å². The Hall–Kier alpha value is -3.88. The van der Waals surface area contributed by atoms with Crippen LogP contribution in [0.5, 0.6) is 17.2 Å². The molecule has 4 aromatic carbocycles. The molecule has 0 aromatic heterocycles. The summed E-state index contributed by atoms with van der Waals surface area (Å²) in [7, 11) is 3.85. The molecule has 4 aliphatic rings. The molecule has 2 saturated carbocycles. The first-order chi connectivity index (χ1) is 32.9. The zero-order valence-corrected chi connectivity index (χ0v) is 44.4. The average molecular weight is 1070 g/mol. The fourth-order valence-electron chi connectivity index (χ4n) is 11.3. The van der Waals surface area contributed by atoms with Crippen molar-refractivity contribution in [2.45, 2.75) is 107 Å². The van der Waals surface area contributed by atoms with Gasteiger partial charge in [-0.2, -0.15) is 0 Å². The Balaban J connectivity index is 0.000000254. The second-order valence-corrected chi connectivity index (χ2v) is 20.3. The van der Waals surface area contributed by atoms with E-state index in [1.807, 2.05) is 109 Å². The highest BCUT2D eigenvalue weighted by Crippen LogP contribution is 2.44. The minimum absolute atomic E-state index is 0. The van der Waals surface area contributed by atoms with Crippen LogP contribution in [0.25, 0.3) is 0 Å². The van der Waals surface area contributed by atoms with Gasteiger partial charge in [-0.15, -0.1) is 0 Å². The van der Waals surface area contributed by atoms with Crippen LogP contribution < -0.4 is 43.6 Å². The van der Waals surface area contributed by atoms with Gasteiger partial charge >= 0.3 is 11.9 Å². The van der Waals surface area contributed by atoms with Gasteiger partial charge in [0.1, 0.15) is 30.3 Å². The standard InChI is InChI=1S/C29H40NO5.C27H35ClNO4.BrH.ClH/c1-3-30(19-9-21-34-26-16-14-25(33-2)15-17-26)20-18-27(22-30)35-28(31)29(32,24-12-7-8-13-24)23-10-5-4-6-11-23;1-29(17-9-19-32-25-15-8-7-14-24(25)28)18-16-23(20-29)33-26(30)27(31,22-12-5-6-13-22)21-10-3-2-4-11-21;;/h4-6,10-11,14-17,24,27,32H,3,7-9,12-13,18-22H2,1-2H3;2-4,7-8,10-11,14-15,22-23,31H,5-6,9,12-13,16-20H2,1H3;2*1H/q2*+1;;/p-2/t27?,29-,30?;23-,27+,29?;;/m01../s1. The van der Waals surface area contributed by atoms with Gasteiger partial charge in [-0.25, -0.2) is 9.59 Å². The highest BCUT2D eigenvalue weighted by molar-refractivity contribution is 6.32. The van der Waals surface area contributed by atoms with Gasteiger partial charge in [0.15, 0.2) is 23.4 Å². The number of halogens is 3. The number of likely N-dealkylation sites (N-methyl/N-ethyl adjacent to an activating group) is 2. The van der Waals surface area contributed by atoms with Crippen LogP contribution in [-0.4, -0.2) is 117 Å². The molecule has 4 fully saturated rings. The van der Waals surface area contributed by atoms with Crippen LogP contribution in [-0.2, 0) is 30.3 Å². The molecule has 3 unspecified atom stereocenters. The number of methoxy groups -OCH3 is 1. The smallest absolute Gasteiger partial charge is 0.343 e. The number of quaternary nitrogens is 2. The zero-order chi connectivity index (χ0) is 48.0. The van der Waals surface area contributed by atoms with Crippen molar-refractivity contribution in [3.63, 3.8) is 0 Å². The molecule has 0 radical (unpaired) electrons. The summed E-state index contributed by atoms with van der Waals surface area (Å²) < 4.78 is 30.7. The van der Waals surface area contributed by atoms with Gasteiger partial charge in [0.05, 0.1) is 65.1 Å². The molecular formula is C56H75BrCl2N2O9. The lowest BCUT2D eigenvalue weighted by Gasteiger charge is -2.35. The molecular weight excluding hydrogens is 995 g/mol. The number of nitrogens with zero attached hydrogens (tertiary/aromatic N) is 2. The molecule has 8 rings (SSSR count). The largest absolute Gasteiger partial charge is 1.00 e. The minimum Gasteiger partial charge on any atom is -1.00 e. The number of esters is 2. The lowest BCUT2D eigenvalue weighted by Crippen LogP contribution is -3.00. The predicted octanol–water partition coefficient (Wildman–Crippen LogP) is 3.65. The number of hydrogen-bond donors (Lipinski definition) is 2. The molecule has 6 atom stereocenters. The van der Waals surface area contributed by atoms with Crippen molar-refractivity contribution in [2.24, 2.45) is 11.8 Å². The Bertz CT molecular complexity index is 2200. The number of para-hydroxylation sites is 1. The molecule has 4 aromatic rings. The Kier molecular flexibility index (Phi) is 21.8. The van der Waals surface area contributed by atoms with Gasteiger partial charge in [0.2, 0.25) is 0 Å². The average Bonchev–Trinajstić information content (AvgIpc) is 4.23. The van der Waals surface area contributed by atoms with Crippen molar-refractivity contribution in [1.82, 2.24) is 0 Å². The quantitative estimate of drug-likeness (QED) is 0.0778. The van der Waals surface area contributed by atoms with E-state index in [9.17, 15) is 19.8 Å². The maximum absolute atomic E-state index is 13.5. The number of carbonyl (C=O) groups is 2. The number of rotatable bonds is 20. The first-order valence-electron chi connectivity index (χ1n) is 25.2. The van der Waals surface area contributed by atoms with Crippen molar-refractivity contribution >= 4 is 23.5 Å². The van der Waals surface area contributed by atoms with Crippen LogP contribution in [0.1, 0.15) is 95.1 Å². The summed E-state index contributed by atoms with van der Waals surface area (Å²) in [6.45, 7) is 9.81.